The van der Waals surface area contributed by atoms with Gasteiger partial charge in [0, 0.05) is 24.3 Å². The van der Waals surface area contributed by atoms with Crippen LogP contribution in [0.5, 0.6) is 0 Å². The van der Waals surface area contributed by atoms with Crippen molar-refractivity contribution < 1.29 is 4.39 Å². The number of aryl methyl sites for hydroxylation is 1. The molecular formula is C16H19FN6. The minimum absolute atomic E-state index is 0.244. The van der Waals surface area contributed by atoms with Gasteiger partial charge in [-0.15, -0.1) is 0 Å². The Bertz CT molecular complexity index is 765. The lowest BCUT2D eigenvalue weighted by molar-refractivity contribution is 0.449. The van der Waals surface area contributed by atoms with Crippen molar-refractivity contribution in [1.29, 1.82) is 0 Å². The summed E-state index contributed by atoms with van der Waals surface area (Å²) in [6.45, 7) is 5.48. The smallest absolute Gasteiger partial charge is 0.137 e. The van der Waals surface area contributed by atoms with Crippen molar-refractivity contribution in [3.63, 3.8) is 0 Å². The van der Waals surface area contributed by atoms with Crippen LogP contribution in [0.4, 0.5) is 4.39 Å². The molecule has 7 heteroatoms. The van der Waals surface area contributed by atoms with E-state index >= 15 is 0 Å². The highest BCUT2D eigenvalue weighted by Gasteiger charge is 2.09. The Hall–Kier alpha value is -2.54. The van der Waals surface area contributed by atoms with Gasteiger partial charge < -0.3 is 5.32 Å². The summed E-state index contributed by atoms with van der Waals surface area (Å²) in [7, 11) is 0. The minimum Gasteiger partial charge on any atom is -0.308 e. The Morgan fingerprint density at radius 1 is 1.35 bits per heavy atom. The number of rotatable bonds is 6. The third-order valence-corrected chi connectivity index (χ3v) is 3.64. The number of benzene rings is 1. The van der Waals surface area contributed by atoms with Crippen LogP contribution < -0.4 is 5.32 Å². The van der Waals surface area contributed by atoms with Crippen molar-refractivity contribution in [3.05, 3.63) is 60.2 Å². The van der Waals surface area contributed by atoms with Crippen molar-refractivity contribution in [2.75, 3.05) is 0 Å². The maximum atomic E-state index is 13.3. The topological polar surface area (TPSA) is 60.6 Å². The van der Waals surface area contributed by atoms with Gasteiger partial charge in [0.1, 0.15) is 18.5 Å². The third kappa shape index (κ3) is 3.81. The van der Waals surface area contributed by atoms with E-state index in [1.165, 1.54) is 18.5 Å². The molecule has 0 bridgehead atoms. The largest absolute Gasteiger partial charge is 0.308 e. The Labute approximate surface area is 134 Å². The van der Waals surface area contributed by atoms with Crippen LogP contribution in [0.3, 0.4) is 0 Å². The van der Waals surface area contributed by atoms with Crippen molar-refractivity contribution in [2.24, 2.45) is 0 Å². The van der Waals surface area contributed by atoms with E-state index in [9.17, 15) is 4.39 Å². The molecule has 3 rings (SSSR count). The molecule has 0 aliphatic heterocycles. The number of hydrogen-bond donors (Lipinski definition) is 1. The Balaban J connectivity index is 1.64. The van der Waals surface area contributed by atoms with Crippen LogP contribution in [0.15, 0.2) is 43.1 Å². The molecule has 0 aliphatic rings. The van der Waals surface area contributed by atoms with Gasteiger partial charge in [0.15, 0.2) is 0 Å². The van der Waals surface area contributed by atoms with Crippen molar-refractivity contribution in [2.45, 2.75) is 33.0 Å². The van der Waals surface area contributed by atoms with Gasteiger partial charge in [-0.05, 0) is 32.0 Å². The first-order chi connectivity index (χ1) is 11.1. The Morgan fingerprint density at radius 3 is 2.96 bits per heavy atom. The summed E-state index contributed by atoms with van der Waals surface area (Å²) in [5.74, 6) is -0.267. The Kier molecular flexibility index (Phi) is 4.47. The molecule has 0 saturated heterocycles. The summed E-state index contributed by atoms with van der Waals surface area (Å²) in [5, 5.41) is 12.0. The van der Waals surface area contributed by atoms with E-state index in [0.29, 0.717) is 6.54 Å². The molecule has 0 spiro atoms. The zero-order valence-corrected chi connectivity index (χ0v) is 13.1. The molecule has 2 heterocycles. The van der Waals surface area contributed by atoms with E-state index in [4.69, 9.17) is 0 Å². The van der Waals surface area contributed by atoms with E-state index in [0.717, 1.165) is 23.5 Å². The maximum absolute atomic E-state index is 13.3. The number of hydrogen-bond acceptors (Lipinski definition) is 4. The van der Waals surface area contributed by atoms with E-state index in [2.05, 4.69) is 27.4 Å². The van der Waals surface area contributed by atoms with Gasteiger partial charge in [-0.3, -0.25) is 4.68 Å². The number of nitrogens with one attached hydrogen (secondary N) is 1. The van der Waals surface area contributed by atoms with E-state index in [1.807, 2.05) is 19.2 Å². The molecule has 0 amide bonds. The molecule has 1 atom stereocenters. The van der Waals surface area contributed by atoms with Crippen molar-refractivity contribution >= 4 is 0 Å². The number of aromatic nitrogens is 5. The molecule has 2 aromatic heterocycles. The van der Waals surface area contributed by atoms with Crippen LogP contribution >= 0.6 is 0 Å². The van der Waals surface area contributed by atoms with Gasteiger partial charge in [-0.2, -0.15) is 10.2 Å². The van der Waals surface area contributed by atoms with Gasteiger partial charge >= 0.3 is 0 Å². The average molecular weight is 314 g/mol. The third-order valence-electron chi connectivity index (χ3n) is 3.64. The predicted molar refractivity (Wildman–Crippen MR) is 84.6 cm³/mol. The van der Waals surface area contributed by atoms with Crippen LogP contribution in [0, 0.1) is 12.7 Å². The van der Waals surface area contributed by atoms with E-state index in [1.54, 1.807) is 21.8 Å². The highest BCUT2D eigenvalue weighted by molar-refractivity contribution is 5.33. The molecule has 120 valence electrons. The summed E-state index contributed by atoms with van der Waals surface area (Å²) in [6.07, 6.45) is 5.16. The first-order valence-electron chi connectivity index (χ1n) is 7.48. The first-order valence-corrected chi connectivity index (χ1v) is 7.48. The van der Waals surface area contributed by atoms with Crippen molar-refractivity contribution in [1.82, 2.24) is 29.9 Å². The second-order valence-corrected chi connectivity index (χ2v) is 5.56. The van der Waals surface area contributed by atoms with Gasteiger partial charge in [-0.1, -0.05) is 6.07 Å². The molecule has 0 fully saturated rings. The fourth-order valence-electron chi connectivity index (χ4n) is 2.38. The molecule has 1 unspecified atom stereocenters. The average Bonchev–Trinajstić information content (AvgIpc) is 3.15. The highest BCUT2D eigenvalue weighted by Crippen LogP contribution is 2.13. The second kappa shape index (κ2) is 6.70. The monoisotopic (exact) mass is 314 g/mol. The zero-order valence-electron chi connectivity index (χ0n) is 13.1. The fraction of sp³-hybridized carbons (Fsp3) is 0.312. The first kappa shape index (κ1) is 15.4. The summed E-state index contributed by atoms with van der Waals surface area (Å²) in [4.78, 5) is 3.93. The molecule has 1 N–H and O–H groups in total. The Morgan fingerprint density at radius 2 is 2.22 bits per heavy atom. The van der Waals surface area contributed by atoms with Gasteiger partial charge in [0.05, 0.1) is 17.9 Å². The molecule has 6 nitrogen and oxygen atoms in total. The van der Waals surface area contributed by atoms with Crippen LogP contribution in [0.1, 0.15) is 18.2 Å². The normalized spacial score (nSPS) is 12.5. The van der Waals surface area contributed by atoms with Crippen LogP contribution in [-0.4, -0.2) is 30.6 Å². The van der Waals surface area contributed by atoms with E-state index < -0.39 is 0 Å². The quantitative estimate of drug-likeness (QED) is 0.757. The SMILES string of the molecule is Cc1nn(-c2cccc(F)c2)cc1CNC(C)Cn1cncn1. The highest BCUT2D eigenvalue weighted by atomic mass is 19.1. The predicted octanol–water partition coefficient (Wildman–Crippen LogP) is 2.09. The van der Waals surface area contributed by atoms with E-state index in [-0.39, 0.29) is 11.9 Å². The lowest BCUT2D eigenvalue weighted by atomic mass is 10.2. The molecule has 0 aliphatic carbocycles. The van der Waals surface area contributed by atoms with Crippen LogP contribution in [0.25, 0.3) is 5.69 Å². The second-order valence-electron chi connectivity index (χ2n) is 5.56. The summed E-state index contributed by atoms with van der Waals surface area (Å²) in [6, 6.07) is 6.65. The van der Waals surface area contributed by atoms with Crippen LogP contribution in [-0.2, 0) is 13.1 Å². The number of nitrogens with zero attached hydrogens (tertiary/aromatic N) is 5. The molecule has 3 aromatic rings. The molecule has 23 heavy (non-hydrogen) atoms. The van der Waals surface area contributed by atoms with Crippen molar-refractivity contribution in [3.8, 4) is 5.69 Å². The lowest BCUT2D eigenvalue weighted by Crippen LogP contribution is -2.30. The summed E-state index contributed by atoms with van der Waals surface area (Å²) >= 11 is 0. The lowest BCUT2D eigenvalue weighted by Gasteiger charge is -2.12. The minimum atomic E-state index is -0.267. The summed E-state index contributed by atoms with van der Waals surface area (Å²) in [5.41, 5.74) is 2.73. The molecule has 0 saturated carbocycles. The number of halogens is 1. The maximum Gasteiger partial charge on any atom is 0.137 e. The molecule has 0 radical (unpaired) electrons. The zero-order chi connectivity index (χ0) is 16.2. The van der Waals surface area contributed by atoms with Gasteiger partial charge in [-0.25, -0.2) is 14.1 Å². The molecular weight excluding hydrogens is 295 g/mol. The van der Waals surface area contributed by atoms with Gasteiger partial charge in [0.2, 0.25) is 0 Å². The fourth-order valence-corrected chi connectivity index (χ4v) is 2.38. The van der Waals surface area contributed by atoms with Gasteiger partial charge in [0.25, 0.3) is 0 Å². The standard InChI is InChI=1S/C16H19FN6/c1-12(8-22-11-18-10-20-22)19-7-14-9-23(21-13(14)2)16-5-3-4-15(17)6-16/h3-6,9-12,19H,7-8H2,1-2H3. The van der Waals surface area contributed by atoms with Crippen LogP contribution in [0.2, 0.25) is 0 Å². The summed E-state index contributed by atoms with van der Waals surface area (Å²) < 4.78 is 16.8. The molecule has 1 aromatic carbocycles.